The molecule has 3 nitrogen and oxygen atoms in total. The molecule has 0 aliphatic heterocycles. The molecule has 0 radical (unpaired) electrons. The van der Waals surface area contributed by atoms with Gasteiger partial charge in [0.15, 0.2) is 0 Å². The van der Waals surface area contributed by atoms with Crippen LogP contribution >= 0.6 is 11.3 Å². The Labute approximate surface area is 175 Å². The summed E-state index contributed by atoms with van der Waals surface area (Å²) in [7, 11) is 0. The van der Waals surface area contributed by atoms with Crippen LogP contribution in [0.25, 0.3) is 22.4 Å². The van der Waals surface area contributed by atoms with Gasteiger partial charge in [-0.3, -0.25) is 9.78 Å². The monoisotopic (exact) mass is 398 g/mol. The predicted octanol–water partition coefficient (Wildman–Crippen LogP) is 5.84. The molecule has 29 heavy (non-hydrogen) atoms. The van der Waals surface area contributed by atoms with Crippen molar-refractivity contribution in [2.24, 2.45) is 0 Å². The molecule has 4 heteroatoms. The molecule has 0 amide bonds. The van der Waals surface area contributed by atoms with Crippen molar-refractivity contribution in [3.63, 3.8) is 0 Å². The maximum atomic E-state index is 12.6. The summed E-state index contributed by atoms with van der Waals surface area (Å²) in [5.41, 5.74) is 7.57. The third-order valence-electron chi connectivity index (χ3n) is 4.87. The molecule has 0 atom stereocenters. The van der Waals surface area contributed by atoms with Crippen LogP contribution in [0.3, 0.4) is 0 Å². The van der Waals surface area contributed by atoms with Gasteiger partial charge in [-0.15, -0.1) is 11.3 Å². The quantitative estimate of drug-likeness (QED) is 0.409. The highest BCUT2D eigenvalue weighted by Crippen LogP contribution is 2.25. The fourth-order valence-electron chi connectivity index (χ4n) is 3.47. The Kier molecular flexibility index (Phi) is 5.63. The lowest BCUT2D eigenvalue weighted by atomic mass is 9.96. The van der Waals surface area contributed by atoms with E-state index in [4.69, 9.17) is 0 Å². The third kappa shape index (κ3) is 4.66. The smallest absolute Gasteiger partial charge is 0.144 e. The van der Waals surface area contributed by atoms with Gasteiger partial charge in [-0.1, -0.05) is 48.5 Å². The van der Waals surface area contributed by atoms with E-state index >= 15 is 0 Å². The zero-order valence-electron chi connectivity index (χ0n) is 16.6. The van der Waals surface area contributed by atoms with Crippen molar-refractivity contribution in [2.75, 3.05) is 0 Å². The minimum Gasteiger partial charge on any atom is -0.299 e. The Balaban J connectivity index is 1.44. The average Bonchev–Trinajstić information content (AvgIpc) is 3.17. The van der Waals surface area contributed by atoms with Gasteiger partial charge in [0.05, 0.1) is 12.1 Å². The first kappa shape index (κ1) is 19.2. The number of Topliss-reactive ketones (excluding diaryl/α,β-unsaturated/α-hetero) is 1. The van der Waals surface area contributed by atoms with Crippen molar-refractivity contribution in [2.45, 2.75) is 26.7 Å². The second kappa shape index (κ2) is 8.50. The number of benzene rings is 2. The van der Waals surface area contributed by atoms with E-state index in [0.717, 1.165) is 33.1 Å². The van der Waals surface area contributed by atoms with Crippen molar-refractivity contribution in [3.05, 3.63) is 94.1 Å². The minimum absolute atomic E-state index is 0.186. The Morgan fingerprint density at radius 2 is 1.76 bits per heavy atom. The first-order chi connectivity index (χ1) is 14.1. The lowest BCUT2D eigenvalue weighted by molar-refractivity contribution is -0.117. The van der Waals surface area contributed by atoms with Crippen LogP contribution in [0.1, 0.15) is 21.8 Å². The van der Waals surface area contributed by atoms with Crippen molar-refractivity contribution >= 4 is 17.1 Å². The molecule has 0 fully saturated rings. The van der Waals surface area contributed by atoms with E-state index in [9.17, 15) is 4.79 Å². The van der Waals surface area contributed by atoms with Crippen molar-refractivity contribution in [3.8, 4) is 22.4 Å². The van der Waals surface area contributed by atoms with Gasteiger partial charge in [0, 0.05) is 29.3 Å². The van der Waals surface area contributed by atoms with E-state index in [-0.39, 0.29) is 5.78 Å². The fraction of sp³-hybridized carbons (Fsp3) is 0.160. The number of pyridine rings is 1. The molecule has 4 aromatic rings. The molecule has 0 bridgehead atoms. The van der Waals surface area contributed by atoms with Gasteiger partial charge < -0.3 is 0 Å². The highest BCUT2D eigenvalue weighted by molar-refractivity contribution is 7.10. The van der Waals surface area contributed by atoms with Crippen LogP contribution in [0.2, 0.25) is 0 Å². The Morgan fingerprint density at radius 3 is 2.52 bits per heavy atom. The number of aromatic nitrogens is 2. The van der Waals surface area contributed by atoms with E-state index in [1.165, 1.54) is 11.1 Å². The van der Waals surface area contributed by atoms with Crippen LogP contribution in [0.15, 0.2) is 72.2 Å². The second-order valence-corrected chi connectivity index (χ2v) is 8.16. The predicted molar refractivity (Wildman–Crippen MR) is 119 cm³/mol. The average molecular weight is 399 g/mol. The number of carbonyl (C=O) groups is 1. The number of aryl methyl sites for hydroxylation is 2. The summed E-state index contributed by atoms with van der Waals surface area (Å²) in [4.78, 5) is 21.5. The molecule has 4 rings (SSSR count). The minimum atomic E-state index is 0.186. The van der Waals surface area contributed by atoms with Gasteiger partial charge in [0.2, 0.25) is 0 Å². The highest BCUT2D eigenvalue weighted by atomic mass is 32.1. The molecule has 2 aromatic carbocycles. The van der Waals surface area contributed by atoms with Crippen LogP contribution < -0.4 is 0 Å². The van der Waals surface area contributed by atoms with Crippen LogP contribution in [0.4, 0.5) is 0 Å². The first-order valence-corrected chi connectivity index (χ1v) is 10.5. The number of hydrogen-bond donors (Lipinski definition) is 0. The normalized spacial score (nSPS) is 10.8. The largest absolute Gasteiger partial charge is 0.299 e. The maximum Gasteiger partial charge on any atom is 0.144 e. The van der Waals surface area contributed by atoms with Crippen LogP contribution in [-0.2, 0) is 17.6 Å². The molecule has 0 aliphatic carbocycles. The Morgan fingerprint density at radius 1 is 0.931 bits per heavy atom. The van der Waals surface area contributed by atoms with Gasteiger partial charge in [0.25, 0.3) is 0 Å². The van der Waals surface area contributed by atoms with Gasteiger partial charge in [0.1, 0.15) is 10.8 Å². The number of nitrogens with zero attached hydrogens (tertiary/aromatic N) is 2. The summed E-state index contributed by atoms with van der Waals surface area (Å²) in [6.07, 6.45) is 2.64. The molecule has 144 valence electrons. The van der Waals surface area contributed by atoms with E-state index in [0.29, 0.717) is 12.8 Å². The summed E-state index contributed by atoms with van der Waals surface area (Å²) >= 11 is 1.55. The Hall–Kier alpha value is -3.11. The molecule has 2 aromatic heterocycles. The molecule has 0 unspecified atom stereocenters. The SMILES string of the molecule is Cc1cc(-c2ccc(CC(=O)Cc3nc(-c4ccccc4)cs3)cc2C)ccn1. The molecule has 0 saturated carbocycles. The fourth-order valence-corrected chi connectivity index (χ4v) is 4.30. The topological polar surface area (TPSA) is 42.9 Å². The molecule has 0 aliphatic rings. The maximum absolute atomic E-state index is 12.6. The summed E-state index contributed by atoms with van der Waals surface area (Å²) < 4.78 is 0. The highest BCUT2D eigenvalue weighted by Gasteiger charge is 2.11. The van der Waals surface area contributed by atoms with Crippen molar-refractivity contribution in [1.29, 1.82) is 0 Å². The van der Waals surface area contributed by atoms with Crippen LogP contribution in [0, 0.1) is 13.8 Å². The van der Waals surface area contributed by atoms with Gasteiger partial charge >= 0.3 is 0 Å². The summed E-state index contributed by atoms with van der Waals surface area (Å²) in [6, 6.07) is 20.4. The molecule has 2 heterocycles. The zero-order valence-corrected chi connectivity index (χ0v) is 17.4. The van der Waals surface area contributed by atoms with Gasteiger partial charge in [-0.05, 0) is 48.2 Å². The molecule has 0 N–H and O–H groups in total. The van der Waals surface area contributed by atoms with Crippen LogP contribution in [0.5, 0.6) is 0 Å². The lowest BCUT2D eigenvalue weighted by Crippen LogP contribution is -2.06. The molecular weight excluding hydrogens is 376 g/mol. The third-order valence-corrected chi connectivity index (χ3v) is 5.72. The zero-order chi connectivity index (χ0) is 20.2. The molecule has 0 spiro atoms. The van der Waals surface area contributed by atoms with Crippen molar-refractivity contribution in [1.82, 2.24) is 9.97 Å². The number of carbonyl (C=O) groups excluding carboxylic acids is 1. The summed E-state index contributed by atoms with van der Waals surface area (Å²) in [6.45, 7) is 4.08. The number of hydrogen-bond acceptors (Lipinski definition) is 4. The van der Waals surface area contributed by atoms with Gasteiger partial charge in [-0.2, -0.15) is 0 Å². The summed E-state index contributed by atoms with van der Waals surface area (Å²) in [5, 5.41) is 2.89. The van der Waals surface area contributed by atoms with E-state index in [1.807, 2.05) is 61.0 Å². The second-order valence-electron chi connectivity index (χ2n) is 7.22. The van der Waals surface area contributed by atoms with Crippen molar-refractivity contribution < 1.29 is 4.79 Å². The van der Waals surface area contributed by atoms with E-state index in [1.54, 1.807) is 11.3 Å². The first-order valence-electron chi connectivity index (χ1n) is 9.62. The van der Waals surface area contributed by atoms with E-state index < -0.39 is 0 Å². The summed E-state index contributed by atoms with van der Waals surface area (Å²) in [5.74, 6) is 0.186. The van der Waals surface area contributed by atoms with Crippen LogP contribution in [-0.4, -0.2) is 15.8 Å². The standard InChI is InChI=1S/C25H22N2OS/c1-17-12-19(8-9-23(17)21-10-11-26-18(2)13-21)14-22(28)15-25-27-24(16-29-25)20-6-4-3-5-7-20/h3-13,16H,14-15H2,1-2H3. The number of thiazole rings is 1. The Bertz CT molecular complexity index is 1150. The number of rotatable bonds is 6. The molecule has 0 saturated heterocycles. The van der Waals surface area contributed by atoms with Gasteiger partial charge in [-0.25, -0.2) is 4.98 Å². The van der Waals surface area contributed by atoms with E-state index in [2.05, 4.69) is 35.1 Å². The molecular formula is C25H22N2OS. The lowest BCUT2D eigenvalue weighted by Gasteiger charge is -2.09. The number of ketones is 1.